The van der Waals surface area contributed by atoms with E-state index in [-0.39, 0.29) is 0 Å². The third kappa shape index (κ3) is 3.33. The van der Waals surface area contributed by atoms with Gasteiger partial charge in [-0.2, -0.15) is 0 Å². The number of nitrogens with zero attached hydrogens (tertiary/aromatic N) is 2. The molecule has 5 nitrogen and oxygen atoms in total. The molecule has 0 fully saturated rings. The topological polar surface area (TPSA) is 56.3 Å². The van der Waals surface area contributed by atoms with Gasteiger partial charge in [-0.25, -0.2) is 9.97 Å². The summed E-state index contributed by atoms with van der Waals surface area (Å²) in [5.74, 6) is 0.983. The standard InChI is InChI=1S/C15H21N3O2S/c1-19-8-9-20-7-3-6-16-14-13-11-4-2-5-12(11)21-15(13)18-10-17-14/h10H,2-9H2,1H3,(H,16,17,18). The van der Waals surface area contributed by atoms with Crippen LogP contribution in [0.4, 0.5) is 5.82 Å². The Balaban J connectivity index is 1.57. The van der Waals surface area contributed by atoms with Crippen molar-refractivity contribution in [2.75, 3.05) is 38.8 Å². The zero-order chi connectivity index (χ0) is 14.5. The lowest BCUT2D eigenvalue weighted by molar-refractivity contribution is 0.0705. The van der Waals surface area contributed by atoms with E-state index >= 15 is 0 Å². The highest BCUT2D eigenvalue weighted by molar-refractivity contribution is 7.19. The highest BCUT2D eigenvalue weighted by Crippen LogP contribution is 2.38. The molecule has 0 spiro atoms. The normalized spacial score (nSPS) is 13.8. The Morgan fingerprint density at radius 3 is 3.10 bits per heavy atom. The predicted octanol–water partition coefficient (Wildman–Crippen LogP) is 2.65. The molecule has 0 atom stereocenters. The molecule has 0 radical (unpaired) electrons. The van der Waals surface area contributed by atoms with Crippen molar-refractivity contribution in [3.63, 3.8) is 0 Å². The quantitative estimate of drug-likeness (QED) is 0.760. The van der Waals surface area contributed by atoms with E-state index in [1.54, 1.807) is 13.4 Å². The van der Waals surface area contributed by atoms with Crippen LogP contribution in [-0.2, 0) is 22.3 Å². The first-order valence-corrected chi connectivity index (χ1v) is 8.27. The lowest BCUT2D eigenvalue weighted by atomic mass is 10.2. The van der Waals surface area contributed by atoms with E-state index in [0.717, 1.165) is 36.6 Å². The molecule has 2 heterocycles. The van der Waals surface area contributed by atoms with Crippen LogP contribution in [0.25, 0.3) is 10.2 Å². The van der Waals surface area contributed by atoms with E-state index in [1.807, 2.05) is 11.3 Å². The number of hydrogen-bond acceptors (Lipinski definition) is 6. The fraction of sp³-hybridized carbons (Fsp3) is 0.600. The summed E-state index contributed by atoms with van der Waals surface area (Å²) in [6.07, 6.45) is 6.24. The molecule has 114 valence electrons. The molecule has 0 aromatic carbocycles. The van der Waals surface area contributed by atoms with Crippen molar-refractivity contribution < 1.29 is 9.47 Å². The Hall–Kier alpha value is -1.24. The third-order valence-electron chi connectivity index (χ3n) is 3.69. The fourth-order valence-electron chi connectivity index (χ4n) is 2.69. The number of ether oxygens (including phenoxy) is 2. The molecule has 6 heteroatoms. The number of hydrogen-bond donors (Lipinski definition) is 1. The van der Waals surface area contributed by atoms with Crippen LogP contribution in [-0.4, -0.2) is 43.4 Å². The molecule has 2 aromatic heterocycles. The minimum absolute atomic E-state index is 0.654. The van der Waals surface area contributed by atoms with E-state index < -0.39 is 0 Å². The van der Waals surface area contributed by atoms with Crippen molar-refractivity contribution in [1.82, 2.24) is 9.97 Å². The average molecular weight is 307 g/mol. The average Bonchev–Trinajstić information content (AvgIpc) is 3.07. The van der Waals surface area contributed by atoms with Crippen LogP contribution in [0.5, 0.6) is 0 Å². The van der Waals surface area contributed by atoms with Crippen LogP contribution < -0.4 is 5.32 Å². The number of methoxy groups -OCH3 is 1. The monoisotopic (exact) mass is 307 g/mol. The number of aryl methyl sites for hydroxylation is 2. The number of rotatable bonds is 8. The highest BCUT2D eigenvalue weighted by Gasteiger charge is 2.20. The Labute approximate surface area is 128 Å². The molecular weight excluding hydrogens is 286 g/mol. The zero-order valence-corrected chi connectivity index (χ0v) is 13.2. The summed E-state index contributed by atoms with van der Waals surface area (Å²) in [6, 6.07) is 0. The zero-order valence-electron chi connectivity index (χ0n) is 12.4. The van der Waals surface area contributed by atoms with E-state index in [1.165, 1.54) is 28.7 Å². The van der Waals surface area contributed by atoms with Crippen molar-refractivity contribution in [1.29, 1.82) is 0 Å². The lowest BCUT2D eigenvalue weighted by Crippen LogP contribution is -2.09. The summed E-state index contributed by atoms with van der Waals surface area (Å²) in [7, 11) is 1.69. The minimum atomic E-state index is 0.654. The van der Waals surface area contributed by atoms with Crippen molar-refractivity contribution in [2.45, 2.75) is 25.7 Å². The molecule has 21 heavy (non-hydrogen) atoms. The maximum Gasteiger partial charge on any atom is 0.138 e. The molecule has 0 amide bonds. The van der Waals surface area contributed by atoms with Gasteiger partial charge in [-0.05, 0) is 31.2 Å². The van der Waals surface area contributed by atoms with E-state index in [9.17, 15) is 0 Å². The van der Waals surface area contributed by atoms with Gasteiger partial charge in [0.1, 0.15) is 17.0 Å². The van der Waals surface area contributed by atoms with Crippen molar-refractivity contribution in [3.05, 3.63) is 16.8 Å². The van der Waals surface area contributed by atoms with Crippen molar-refractivity contribution >= 4 is 27.4 Å². The second kappa shape index (κ2) is 7.15. The number of nitrogens with one attached hydrogen (secondary N) is 1. The van der Waals surface area contributed by atoms with Crippen LogP contribution in [0.15, 0.2) is 6.33 Å². The molecule has 3 rings (SSSR count). The molecule has 1 aliphatic carbocycles. The summed E-state index contributed by atoms with van der Waals surface area (Å²) in [4.78, 5) is 11.5. The fourth-order valence-corrected chi connectivity index (χ4v) is 3.92. The van der Waals surface area contributed by atoms with Gasteiger partial charge >= 0.3 is 0 Å². The highest BCUT2D eigenvalue weighted by atomic mass is 32.1. The molecule has 2 aromatic rings. The summed E-state index contributed by atoms with van der Waals surface area (Å²) >= 11 is 1.82. The summed E-state index contributed by atoms with van der Waals surface area (Å²) in [5, 5.41) is 4.68. The predicted molar refractivity (Wildman–Crippen MR) is 85.2 cm³/mol. The van der Waals surface area contributed by atoms with Gasteiger partial charge in [-0.1, -0.05) is 0 Å². The molecule has 0 bridgehead atoms. The molecule has 0 saturated heterocycles. The van der Waals surface area contributed by atoms with Crippen molar-refractivity contribution in [2.24, 2.45) is 0 Å². The Morgan fingerprint density at radius 2 is 2.19 bits per heavy atom. The maximum atomic E-state index is 5.46. The largest absolute Gasteiger partial charge is 0.382 e. The molecule has 0 unspecified atom stereocenters. The first-order valence-electron chi connectivity index (χ1n) is 7.46. The SMILES string of the molecule is COCCOCCCNc1ncnc2sc3c(c12)CCC3. The summed E-state index contributed by atoms with van der Waals surface area (Å²) < 4.78 is 10.4. The number of aromatic nitrogens is 2. The second-order valence-corrected chi connectivity index (χ2v) is 6.23. The van der Waals surface area contributed by atoms with Gasteiger partial charge < -0.3 is 14.8 Å². The van der Waals surface area contributed by atoms with Crippen LogP contribution in [0.2, 0.25) is 0 Å². The van der Waals surface area contributed by atoms with Gasteiger partial charge in [0.05, 0.1) is 18.6 Å². The molecule has 1 aliphatic rings. The van der Waals surface area contributed by atoms with Gasteiger partial charge in [-0.3, -0.25) is 0 Å². The number of thiophene rings is 1. The minimum Gasteiger partial charge on any atom is -0.382 e. The van der Waals surface area contributed by atoms with Gasteiger partial charge in [-0.15, -0.1) is 11.3 Å². The number of fused-ring (bicyclic) bond motifs is 3. The van der Waals surface area contributed by atoms with Crippen LogP contribution in [0.1, 0.15) is 23.3 Å². The molecule has 0 aliphatic heterocycles. The first kappa shape index (κ1) is 14.7. The third-order valence-corrected chi connectivity index (χ3v) is 4.89. The van der Waals surface area contributed by atoms with Gasteiger partial charge in [0.25, 0.3) is 0 Å². The summed E-state index contributed by atoms with van der Waals surface area (Å²) in [5.41, 5.74) is 1.47. The lowest BCUT2D eigenvalue weighted by Gasteiger charge is -2.08. The maximum absolute atomic E-state index is 5.46. The molecule has 1 N–H and O–H groups in total. The molecule has 0 saturated carbocycles. The van der Waals surface area contributed by atoms with E-state index in [0.29, 0.717) is 13.2 Å². The Bertz CT molecular complexity index is 600. The molecular formula is C15H21N3O2S. The van der Waals surface area contributed by atoms with E-state index in [4.69, 9.17) is 9.47 Å². The van der Waals surface area contributed by atoms with E-state index in [2.05, 4.69) is 15.3 Å². The van der Waals surface area contributed by atoms with Crippen LogP contribution in [0.3, 0.4) is 0 Å². The second-order valence-electron chi connectivity index (χ2n) is 5.15. The first-order chi connectivity index (χ1) is 10.4. The Kier molecular flexibility index (Phi) is 5.00. The van der Waals surface area contributed by atoms with Crippen LogP contribution >= 0.6 is 11.3 Å². The van der Waals surface area contributed by atoms with Crippen LogP contribution in [0, 0.1) is 0 Å². The van der Waals surface area contributed by atoms with Crippen molar-refractivity contribution in [3.8, 4) is 0 Å². The van der Waals surface area contributed by atoms with Gasteiger partial charge in [0, 0.05) is 25.1 Å². The number of anilines is 1. The summed E-state index contributed by atoms with van der Waals surface area (Å²) in [6.45, 7) is 2.92. The smallest absolute Gasteiger partial charge is 0.138 e. The van der Waals surface area contributed by atoms with Gasteiger partial charge in [0.2, 0.25) is 0 Å². The van der Waals surface area contributed by atoms with Gasteiger partial charge in [0.15, 0.2) is 0 Å². The Morgan fingerprint density at radius 1 is 1.24 bits per heavy atom.